The lowest BCUT2D eigenvalue weighted by Gasteiger charge is -2.33. The topological polar surface area (TPSA) is 119 Å². The molecule has 0 aliphatic carbocycles. The highest BCUT2D eigenvalue weighted by Crippen LogP contribution is 2.22. The van der Waals surface area contributed by atoms with Crippen LogP contribution < -0.4 is 10.2 Å². The minimum absolute atomic E-state index is 0.0520. The Morgan fingerprint density at radius 3 is 2.49 bits per heavy atom. The van der Waals surface area contributed by atoms with Crippen LogP contribution in [0.2, 0.25) is 0 Å². The Bertz CT molecular complexity index is 1510. The summed E-state index contributed by atoms with van der Waals surface area (Å²) in [7, 11) is 0. The first-order valence-electron chi connectivity index (χ1n) is 13.4. The number of carbonyl (C=O) groups is 3. The van der Waals surface area contributed by atoms with Crippen LogP contribution in [0.1, 0.15) is 52.8 Å². The largest absolute Gasteiger partial charge is 0.444 e. The zero-order valence-corrected chi connectivity index (χ0v) is 24.4. The quantitative estimate of drug-likeness (QED) is 0.471. The summed E-state index contributed by atoms with van der Waals surface area (Å²) in [5.41, 5.74) is 1.14. The third-order valence-corrected chi connectivity index (χ3v) is 6.15. The number of nitrogens with one attached hydrogen (secondary N) is 1. The normalized spacial score (nSPS) is 14.4. The number of amides is 2. The number of aromatic nitrogens is 3. The Labute approximate surface area is 239 Å². The molecule has 3 aromatic heterocycles. The Morgan fingerprint density at radius 1 is 1.05 bits per heavy atom. The summed E-state index contributed by atoms with van der Waals surface area (Å²) in [6.45, 7) is 12.7. The van der Waals surface area contributed by atoms with Crippen molar-refractivity contribution >= 4 is 34.6 Å². The van der Waals surface area contributed by atoms with E-state index < -0.39 is 17.1 Å². The van der Waals surface area contributed by atoms with Gasteiger partial charge in [-0.15, -0.1) is 0 Å². The Kier molecular flexibility index (Phi) is 8.63. The van der Waals surface area contributed by atoms with Crippen LogP contribution in [-0.2, 0) is 20.9 Å². The van der Waals surface area contributed by atoms with E-state index in [4.69, 9.17) is 9.57 Å². The van der Waals surface area contributed by atoms with Crippen molar-refractivity contribution in [2.75, 3.05) is 31.5 Å². The zero-order chi connectivity index (χ0) is 29.8. The van der Waals surface area contributed by atoms with Crippen LogP contribution in [0.5, 0.6) is 0 Å². The zero-order valence-electron chi connectivity index (χ0n) is 24.4. The molecule has 11 heteroatoms. The number of rotatable bonds is 5. The highest BCUT2D eigenvalue weighted by atomic mass is 16.7. The third kappa shape index (κ3) is 7.83. The average Bonchev–Trinajstić information content (AvgIpc) is 3.21. The summed E-state index contributed by atoms with van der Waals surface area (Å²) in [5.74, 6) is 5.70. The van der Waals surface area contributed by atoms with E-state index in [0.29, 0.717) is 48.6 Å². The van der Waals surface area contributed by atoms with Crippen LogP contribution in [0.15, 0.2) is 43.0 Å². The first kappa shape index (κ1) is 29.6. The van der Waals surface area contributed by atoms with Crippen molar-refractivity contribution in [2.45, 2.75) is 53.7 Å². The van der Waals surface area contributed by atoms with Gasteiger partial charge in [-0.2, -0.15) is 4.73 Å². The maximum absolute atomic E-state index is 13.1. The monoisotopic (exact) mass is 560 g/mol. The van der Waals surface area contributed by atoms with Gasteiger partial charge in [-0.25, -0.2) is 9.59 Å². The van der Waals surface area contributed by atoms with Crippen molar-refractivity contribution in [1.29, 1.82) is 0 Å². The number of piperazine rings is 1. The van der Waals surface area contributed by atoms with Crippen molar-refractivity contribution in [3.63, 3.8) is 0 Å². The van der Waals surface area contributed by atoms with Crippen molar-refractivity contribution in [3.05, 3.63) is 54.2 Å². The molecular formula is C30H36N6O5. The highest BCUT2D eigenvalue weighted by molar-refractivity contribution is 5.87. The summed E-state index contributed by atoms with van der Waals surface area (Å²) < 4.78 is 6.83. The van der Waals surface area contributed by atoms with Gasteiger partial charge in [-0.3, -0.25) is 25.0 Å². The van der Waals surface area contributed by atoms with Crippen molar-refractivity contribution in [2.24, 2.45) is 5.41 Å². The number of fused-ring (bicyclic) bond motifs is 1. The van der Waals surface area contributed by atoms with E-state index in [9.17, 15) is 14.4 Å². The standard InChI is InChI=1S/C30H36N6O5/c1-29(2,3)27(38)41-36-23(16-22-18-32-12-10-25(22)36)19-35-15-14-34(20-26(35)37)13-7-8-21-17-31-11-9-24(21)33-28(39)40-30(4,5)6/h9-12,16-18H,13-15,19-20H2,1-6H3,(H,31,33,39). The van der Waals surface area contributed by atoms with Crippen LogP contribution in [0, 0.1) is 17.3 Å². The van der Waals surface area contributed by atoms with Gasteiger partial charge in [0.05, 0.1) is 47.5 Å². The molecular weight excluding hydrogens is 524 g/mol. The molecule has 1 saturated heterocycles. The summed E-state index contributed by atoms with van der Waals surface area (Å²) in [6, 6.07) is 5.33. The van der Waals surface area contributed by atoms with Gasteiger partial charge in [0.25, 0.3) is 0 Å². The van der Waals surface area contributed by atoms with Gasteiger partial charge in [0.15, 0.2) is 0 Å². The fraction of sp³-hybridized carbons (Fsp3) is 0.433. The summed E-state index contributed by atoms with van der Waals surface area (Å²) >= 11 is 0. The fourth-order valence-electron chi connectivity index (χ4n) is 4.04. The molecule has 1 aliphatic rings. The first-order valence-corrected chi connectivity index (χ1v) is 13.4. The summed E-state index contributed by atoms with van der Waals surface area (Å²) in [6.07, 6.45) is 5.91. The van der Waals surface area contributed by atoms with E-state index in [2.05, 4.69) is 27.1 Å². The second kappa shape index (κ2) is 12.0. The molecule has 1 aliphatic heterocycles. The first-order chi connectivity index (χ1) is 19.3. The maximum atomic E-state index is 13.1. The third-order valence-electron chi connectivity index (χ3n) is 6.15. The van der Waals surface area contributed by atoms with E-state index in [1.807, 2.05) is 11.0 Å². The van der Waals surface area contributed by atoms with E-state index >= 15 is 0 Å². The number of hydrogen-bond donors (Lipinski definition) is 1. The fourth-order valence-corrected chi connectivity index (χ4v) is 4.04. The molecule has 216 valence electrons. The lowest BCUT2D eigenvalue weighted by molar-refractivity contribution is -0.153. The molecule has 4 heterocycles. The maximum Gasteiger partial charge on any atom is 0.412 e. The molecule has 2 amide bonds. The molecule has 0 unspecified atom stereocenters. The van der Waals surface area contributed by atoms with E-state index in [1.165, 1.54) is 4.73 Å². The van der Waals surface area contributed by atoms with Crippen LogP contribution >= 0.6 is 0 Å². The van der Waals surface area contributed by atoms with Gasteiger partial charge in [-0.1, -0.05) is 11.8 Å². The smallest absolute Gasteiger partial charge is 0.412 e. The average molecular weight is 561 g/mol. The number of ether oxygens (including phenoxy) is 1. The minimum atomic E-state index is -0.689. The second-order valence-corrected chi connectivity index (χ2v) is 11.9. The van der Waals surface area contributed by atoms with Gasteiger partial charge in [0.1, 0.15) is 5.60 Å². The second-order valence-electron chi connectivity index (χ2n) is 11.9. The molecule has 0 saturated carbocycles. The Balaban J connectivity index is 1.39. The highest BCUT2D eigenvalue weighted by Gasteiger charge is 2.28. The van der Waals surface area contributed by atoms with Crippen molar-refractivity contribution in [3.8, 4) is 11.8 Å². The van der Waals surface area contributed by atoms with Gasteiger partial charge < -0.3 is 14.5 Å². The van der Waals surface area contributed by atoms with Crippen LogP contribution in [0.3, 0.4) is 0 Å². The molecule has 1 fully saturated rings. The number of anilines is 1. The number of nitrogens with zero attached hydrogens (tertiary/aromatic N) is 5. The lowest BCUT2D eigenvalue weighted by atomic mass is 9.98. The molecule has 11 nitrogen and oxygen atoms in total. The molecule has 0 bridgehead atoms. The summed E-state index contributed by atoms with van der Waals surface area (Å²) in [4.78, 5) is 55.7. The number of carbonyl (C=O) groups excluding carboxylic acids is 3. The van der Waals surface area contributed by atoms with E-state index in [-0.39, 0.29) is 18.4 Å². The molecule has 0 aromatic carbocycles. The van der Waals surface area contributed by atoms with Crippen LogP contribution in [-0.4, -0.2) is 74.2 Å². The molecule has 0 spiro atoms. The van der Waals surface area contributed by atoms with Gasteiger partial charge in [0.2, 0.25) is 5.91 Å². The Hall–Kier alpha value is -4.43. The number of pyridine rings is 2. The predicted molar refractivity (Wildman–Crippen MR) is 154 cm³/mol. The molecule has 3 aromatic rings. The van der Waals surface area contributed by atoms with Gasteiger partial charge in [-0.05, 0) is 59.7 Å². The molecule has 4 rings (SSSR count). The van der Waals surface area contributed by atoms with E-state index in [1.54, 1.807) is 83.4 Å². The van der Waals surface area contributed by atoms with Crippen molar-refractivity contribution in [1.82, 2.24) is 24.5 Å². The van der Waals surface area contributed by atoms with Crippen molar-refractivity contribution < 1.29 is 24.0 Å². The minimum Gasteiger partial charge on any atom is -0.444 e. The Morgan fingerprint density at radius 2 is 1.78 bits per heavy atom. The molecule has 0 radical (unpaired) electrons. The van der Waals surface area contributed by atoms with Gasteiger partial charge >= 0.3 is 12.1 Å². The number of hydrogen-bond acceptors (Lipinski definition) is 8. The predicted octanol–water partition coefficient (Wildman–Crippen LogP) is 3.48. The van der Waals surface area contributed by atoms with Crippen LogP contribution in [0.4, 0.5) is 10.5 Å². The van der Waals surface area contributed by atoms with Gasteiger partial charge in [0, 0.05) is 43.3 Å². The molecule has 1 N–H and O–H groups in total. The SMILES string of the molecule is CC(C)(C)OC(=O)Nc1ccncc1C#CCN1CCN(Cc2cc3cnccc3n2OC(=O)C(C)(C)C)C(=O)C1. The lowest BCUT2D eigenvalue weighted by Crippen LogP contribution is -2.50. The summed E-state index contributed by atoms with van der Waals surface area (Å²) in [5, 5.41) is 3.53. The molecule has 0 atom stereocenters. The van der Waals surface area contributed by atoms with Crippen LogP contribution in [0.25, 0.3) is 10.9 Å². The molecule has 41 heavy (non-hydrogen) atoms. The van der Waals surface area contributed by atoms with E-state index in [0.717, 1.165) is 5.39 Å².